The smallest absolute Gasteiger partial charge is 0.152 e. The van der Waals surface area contributed by atoms with Gasteiger partial charge in [0.25, 0.3) is 0 Å². The van der Waals surface area contributed by atoms with Crippen LogP contribution in [0.15, 0.2) is 24.3 Å². The summed E-state index contributed by atoms with van der Waals surface area (Å²) in [5.74, 6) is 0.885. The van der Waals surface area contributed by atoms with Crippen LogP contribution in [-0.4, -0.2) is 9.78 Å². The van der Waals surface area contributed by atoms with Gasteiger partial charge in [-0.1, -0.05) is 25.1 Å². The lowest BCUT2D eigenvalue weighted by molar-refractivity contribution is 0.661. The maximum atomic E-state index is 6.07. The highest BCUT2D eigenvalue weighted by Gasteiger charge is 2.12. The van der Waals surface area contributed by atoms with Gasteiger partial charge in [-0.15, -0.1) is 0 Å². The standard InChI is InChI=1S/C14H20N4/c1-4-11-8-6-7-9-12(11)16-14-13(15)10(3)17-18(14)5-2/h6-9,16H,4-5,15H2,1-3H3. The quantitative estimate of drug-likeness (QED) is 0.869. The second-order valence-corrected chi connectivity index (χ2v) is 4.30. The van der Waals surface area contributed by atoms with Crippen molar-refractivity contribution >= 4 is 17.2 Å². The van der Waals surface area contributed by atoms with Crippen molar-refractivity contribution in [2.45, 2.75) is 33.7 Å². The molecule has 1 heterocycles. The van der Waals surface area contributed by atoms with Crippen LogP contribution in [0.2, 0.25) is 0 Å². The minimum Gasteiger partial charge on any atom is -0.394 e. The van der Waals surface area contributed by atoms with Crippen LogP contribution in [0.1, 0.15) is 25.1 Å². The van der Waals surface area contributed by atoms with Gasteiger partial charge in [0.05, 0.1) is 11.4 Å². The second-order valence-electron chi connectivity index (χ2n) is 4.30. The number of benzene rings is 1. The number of hydrogen-bond acceptors (Lipinski definition) is 3. The lowest BCUT2D eigenvalue weighted by Gasteiger charge is -2.12. The van der Waals surface area contributed by atoms with E-state index in [2.05, 4.69) is 42.5 Å². The molecule has 0 amide bonds. The molecule has 0 bridgehead atoms. The average molecular weight is 244 g/mol. The van der Waals surface area contributed by atoms with Crippen molar-refractivity contribution < 1.29 is 0 Å². The molecule has 0 fully saturated rings. The summed E-state index contributed by atoms with van der Waals surface area (Å²) in [6, 6.07) is 8.27. The summed E-state index contributed by atoms with van der Waals surface area (Å²) in [6.45, 7) is 6.93. The average Bonchev–Trinajstić information content (AvgIpc) is 2.67. The zero-order valence-electron chi connectivity index (χ0n) is 11.2. The summed E-state index contributed by atoms with van der Waals surface area (Å²) < 4.78 is 1.90. The molecular weight excluding hydrogens is 224 g/mol. The zero-order valence-corrected chi connectivity index (χ0v) is 11.2. The Kier molecular flexibility index (Phi) is 3.55. The molecular formula is C14H20N4. The van der Waals surface area contributed by atoms with E-state index in [1.54, 1.807) is 0 Å². The fourth-order valence-electron chi connectivity index (χ4n) is 2.03. The SMILES string of the molecule is CCc1ccccc1Nc1c(N)c(C)nn1CC. The number of anilines is 3. The van der Waals surface area contributed by atoms with Gasteiger partial charge < -0.3 is 11.1 Å². The van der Waals surface area contributed by atoms with Gasteiger partial charge in [0.2, 0.25) is 0 Å². The molecule has 0 saturated heterocycles. The van der Waals surface area contributed by atoms with E-state index < -0.39 is 0 Å². The molecule has 0 aliphatic rings. The molecule has 0 aliphatic heterocycles. The minimum atomic E-state index is 0.725. The lowest BCUT2D eigenvalue weighted by Crippen LogP contribution is -2.05. The van der Waals surface area contributed by atoms with Gasteiger partial charge in [0.15, 0.2) is 5.82 Å². The molecule has 4 nitrogen and oxygen atoms in total. The fraction of sp³-hybridized carbons (Fsp3) is 0.357. The van der Waals surface area contributed by atoms with Crippen molar-refractivity contribution in [3.05, 3.63) is 35.5 Å². The van der Waals surface area contributed by atoms with Crippen LogP contribution in [0, 0.1) is 6.92 Å². The molecule has 4 heteroatoms. The third kappa shape index (κ3) is 2.18. The number of nitrogens with one attached hydrogen (secondary N) is 1. The minimum absolute atomic E-state index is 0.725. The van der Waals surface area contributed by atoms with E-state index in [9.17, 15) is 0 Å². The monoisotopic (exact) mass is 244 g/mol. The van der Waals surface area contributed by atoms with E-state index in [-0.39, 0.29) is 0 Å². The number of aryl methyl sites for hydroxylation is 3. The highest BCUT2D eigenvalue weighted by atomic mass is 15.3. The van der Waals surface area contributed by atoms with E-state index in [1.807, 2.05) is 17.7 Å². The van der Waals surface area contributed by atoms with Crippen LogP contribution in [-0.2, 0) is 13.0 Å². The molecule has 1 aromatic carbocycles. The van der Waals surface area contributed by atoms with Crippen molar-refractivity contribution in [2.24, 2.45) is 0 Å². The van der Waals surface area contributed by atoms with Crippen LogP contribution < -0.4 is 11.1 Å². The number of rotatable bonds is 4. The van der Waals surface area contributed by atoms with Crippen molar-refractivity contribution in [3.8, 4) is 0 Å². The Hall–Kier alpha value is -1.97. The van der Waals surface area contributed by atoms with Gasteiger partial charge in [-0.3, -0.25) is 0 Å². The summed E-state index contributed by atoms with van der Waals surface area (Å²) in [5.41, 5.74) is 10.0. The molecule has 0 atom stereocenters. The first-order chi connectivity index (χ1) is 8.67. The summed E-state index contributed by atoms with van der Waals surface area (Å²) in [4.78, 5) is 0. The molecule has 0 aliphatic carbocycles. The topological polar surface area (TPSA) is 55.9 Å². The largest absolute Gasteiger partial charge is 0.394 e. The molecule has 2 rings (SSSR count). The van der Waals surface area contributed by atoms with E-state index in [0.717, 1.165) is 35.9 Å². The molecule has 0 radical (unpaired) electrons. The lowest BCUT2D eigenvalue weighted by atomic mass is 10.1. The van der Waals surface area contributed by atoms with E-state index >= 15 is 0 Å². The first-order valence-corrected chi connectivity index (χ1v) is 6.35. The Bertz CT molecular complexity index is 543. The van der Waals surface area contributed by atoms with Crippen LogP contribution in [0.25, 0.3) is 0 Å². The Morgan fingerprint density at radius 1 is 1.28 bits per heavy atom. The molecule has 2 aromatic rings. The van der Waals surface area contributed by atoms with E-state index in [1.165, 1.54) is 5.56 Å². The van der Waals surface area contributed by atoms with Gasteiger partial charge >= 0.3 is 0 Å². The van der Waals surface area contributed by atoms with Crippen LogP contribution in [0.3, 0.4) is 0 Å². The number of nitrogen functional groups attached to an aromatic ring is 1. The maximum Gasteiger partial charge on any atom is 0.152 e. The summed E-state index contributed by atoms with van der Waals surface area (Å²) in [7, 11) is 0. The fourth-order valence-corrected chi connectivity index (χ4v) is 2.03. The van der Waals surface area contributed by atoms with Crippen molar-refractivity contribution in [1.29, 1.82) is 0 Å². The molecule has 96 valence electrons. The number of nitrogens with zero attached hydrogens (tertiary/aromatic N) is 2. The van der Waals surface area contributed by atoms with Crippen molar-refractivity contribution in [1.82, 2.24) is 9.78 Å². The third-order valence-corrected chi connectivity index (χ3v) is 3.12. The van der Waals surface area contributed by atoms with Gasteiger partial charge in [0, 0.05) is 12.2 Å². The number of nitrogens with two attached hydrogens (primary N) is 1. The normalized spacial score (nSPS) is 10.6. The molecule has 1 aromatic heterocycles. The second kappa shape index (κ2) is 5.12. The van der Waals surface area contributed by atoms with Crippen LogP contribution in [0.5, 0.6) is 0 Å². The highest BCUT2D eigenvalue weighted by Crippen LogP contribution is 2.27. The Morgan fingerprint density at radius 3 is 2.67 bits per heavy atom. The van der Waals surface area contributed by atoms with Crippen LogP contribution in [0.4, 0.5) is 17.2 Å². The number of aromatic nitrogens is 2. The molecule has 0 unspecified atom stereocenters. The molecule has 0 saturated carbocycles. The van der Waals surface area contributed by atoms with Crippen LogP contribution >= 0.6 is 0 Å². The predicted octanol–water partition coefficient (Wildman–Crippen LogP) is 3.10. The number of hydrogen-bond donors (Lipinski definition) is 2. The predicted molar refractivity (Wildman–Crippen MR) is 76.2 cm³/mol. The van der Waals surface area contributed by atoms with Crippen molar-refractivity contribution in [3.63, 3.8) is 0 Å². The molecule has 3 N–H and O–H groups in total. The number of para-hydroxylation sites is 1. The Labute approximate surface area is 108 Å². The maximum absolute atomic E-state index is 6.07. The van der Waals surface area contributed by atoms with Gasteiger partial charge in [-0.05, 0) is 31.9 Å². The third-order valence-electron chi connectivity index (χ3n) is 3.12. The highest BCUT2D eigenvalue weighted by molar-refractivity contribution is 5.72. The summed E-state index contributed by atoms with van der Waals surface area (Å²) >= 11 is 0. The van der Waals surface area contributed by atoms with Gasteiger partial charge in [-0.2, -0.15) is 5.10 Å². The zero-order chi connectivity index (χ0) is 13.1. The van der Waals surface area contributed by atoms with E-state index in [0.29, 0.717) is 0 Å². The summed E-state index contributed by atoms with van der Waals surface area (Å²) in [5, 5.41) is 7.82. The Balaban J connectivity index is 2.39. The first-order valence-electron chi connectivity index (χ1n) is 6.35. The Morgan fingerprint density at radius 2 is 2.00 bits per heavy atom. The molecule has 18 heavy (non-hydrogen) atoms. The van der Waals surface area contributed by atoms with Gasteiger partial charge in [-0.25, -0.2) is 4.68 Å². The molecule has 0 spiro atoms. The van der Waals surface area contributed by atoms with E-state index in [4.69, 9.17) is 5.73 Å². The van der Waals surface area contributed by atoms with Crippen molar-refractivity contribution in [2.75, 3.05) is 11.1 Å². The summed E-state index contributed by atoms with van der Waals surface area (Å²) in [6.07, 6.45) is 0.988. The first kappa shape index (κ1) is 12.5. The van der Waals surface area contributed by atoms with Gasteiger partial charge in [0.1, 0.15) is 0 Å².